The van der Waals surface area contributed by atoms with Crippen molar-refractivity contribution in [2.45, 2.75) is 10.4 Å². The largest absolute Gasteiger partial charge is 0.304 e. The third-order valence-electron chi connectivity index (χ3n) is 2.15. The van der Waals surface area contributed by atoms with E-state index < -0.39 is 0 Å². The molecule has 0 bridgehead atoms. The third kappa shape index (κ3) is 2.53. The highest BCUT2D eigenvalue weighted by Crippen LogP contribution is 2.29. The number of nitriles is 1. The highest BCUT2D eigenvalue weighted by molar-refractivity contribution is 8.01. The molecule has 1 aromatic heterocycles. The number of fused-ring (bicyclic) bond motifs is 1. The van der Waals surface area contributed by atoms with Gasteiger partial charge >= 0.3 is 0 Å². The summed E-state index contributed by atoms with van der Waals surface area (Å²) in [6, 6.07) is 10.2. The predicted octanol–water partition coefficient (Wildman–Crippen LogP) is 2.50. The number of rotatable bonds is 4. The van der Waals surface area contributed by atoms with Gasteiger partial charge in [-0.05, 0) is 19.2 Å². The zero-order valence-corrected chi connectivity index (χ0v) is 10.4. The molecule has 16 heavy (non-hydrogen) atoms. The van der Waals surface area contributed by atoms with Crippen LogP contribution in [0.4, 0.5) is 0 Å². The summed E-state index contributed by atoms with van der Waals surface area (Å²) >= 11 is 3.30. The number of hydrogen-bond donors (Lipinski definition) is 1. The summed E-state index contributed by atoms with van der Waals surface area (Å²) < 4.78 is 2.22. The average Bonchev–Trinajstić information content (AvgIpc) is 2.73. The molecule has 1 aromatic carbocycles. The molecule has 0 radical (unpaired) electrons. The van der Waals surface area contributed by atoms with E-state index >= 15 is 0 Å². The first kappa shape index (κ1) is 11.4. The quantitative estimate of drug-likeness (QED) is 0.846. The molecule has 0 saturated heterocycles. The van der Waals surface area contributed by atoms with Crippen molar-refractivity contribution in [3.05, 3.63) is 24.3 Å². The Morgan fingerprint density at radius 2 is 2.38 bits per heavy atom. The summed E-state index contributed by atoms with van der Waals surface area (Å²) in [5.41, 5.74) is 1.04. The lowest BCUT2D eigenvalue weighted by Gasteiger charge is -2.03. The maximum absolute atomic E-state index is 8.80. The van der Waals surface area contributed by atoms with E-state index in [1.807, 2.05) is 18.2 Å². The summed E-state index contributed by atoms with van der Waals surface area (Å²) in [5, 5.41) is 11.8. The lowest BCUT2D eigenvalue weighted by molar-refractivity contribution is 0.750. The molecule has 1 unspecified atom stereocenters. The predicted molar refractivity (Wildman–Crippen MR) is 68.8 cm³/mol. The summed E-state index contributed by atoms with van der Waals surface area (Å²) in [7, 11) is 1.80. The minimum absolute atomic E-state index is 0.114. The lowest BCUT2D eigenvalue weighted by atomic mass is 10.3. The van der Waals surface area contributed by atoms with Crippen LogP contribution in [0.1, 0.15) is 0 Å². The molecular formula is C11H11N3S2. The number of benzene rings is 1. The van der Waals surface area contributed by atoms with E-state index in [1.54, 1.807) is 30.1 Å². The van der Waals surface area contributed by atoms with E-state index in [9.17, 15) is 0 Å². The lowest BCUT2D eigenvalue weighted by Crippen LogP contribution is -2.25. The molecule has 1 heterocycles. The number of hydrogen-bond acceptors (Lipinski definition) is 5. The van der Waals surface area contributed by atoms with Crippen molar-refractivity contribution < 1.29 is 0 Å². The summed E-state index contributed by atoms with van der Waals surface area (Å²) in [6.45, 7) is 0. The molecule has 2 rings (SSSR count). The molecule has 0 spiro atoms. The van der Waals surface area contributed by atoms with Gasteiger partial charge in [-0.3, -0.25) is 0 Å². The first-order valence-corrected chi connectivity index (χ1v) is 6.69. The number of para-hydroxylation sites is 1. The van der Waals surface area contributed by atoms with E-state index in [-0.39, 0.29) is 6.04 Å². The van der Waals surface area contributed by atoms with E-state index in [1.165, 1.54) is 4.70 Å². The van der Waals surface area contributed by atoms with Crippen LogP contribution in [0.25, 0.3) is 10.2 Å². The van der Waals surface area contributed by atoms with Crippen molar-refractivity contribution in [1.29, 1.82) is 5.26 Å². The van der Waals surface area contributed by atoms with Crippen molar-refractivity contribution in [2.24, 2.45) is 0 Å². The van der Waals surface area contributed by atoms with Gasteiger partial charge in [0.25, 0.3) is 0 Å². The van der Waals surface area contributed by atoms with E-state index in [4.69, 9.17) is 5.26 Å². The Bertz CT molecular complexity index is 482. The highest BCUT2D eigenvalue weighted by atomic mass is 32.2. The normalized spacial score (nSPS) is 12.5. The Kier molecular flexibility index (Phi) is 3.78. The van der Waals surface area contributed by atoms with Crippen LogP contribution in [-0.4, -0.2) is 23.8 Å². The van der Waals surface area contributed by atoms with Gasteiger partial charge in [0.1, 0.15) is 6.04 Å². The zero-order chi connectivity index (χ0) is 11.4. The number of nitrogens with zero attached hydrogens (tertiary/aromatic N) is 2. The molecule has 1 N–H and O–H groups in total. The maximum Gasteiger partial charge on any atom is 0.151 e. The molecule has 1 atom stereocenters. The van der Waals surface area contributed by atoms with Gasteiger partial charge in [0.2, 0.25) is 0 Å². The van der Waals surface area contributed by atoms with Gasteiger partial charge < -0.3 is 5.32 Å². The van der Waals surface area contributed by atoms with Crippen molar-refractivity contribution in [1.82, 2.24) is 10.3 Å². The second kappa shape index (κ2) is 5.30. The van der Waals surface area contributed by atoms with Crippen LogP contribution < -0.4 is 5.32 Å². The van der Waals surface area contributed by atoms with Crippen LogP contribution in [0.3, 0.4) is 0 Å². The first-order chi connectivity index (χ1) is 7.83. The van der Waals surface area contributed by atoms with Crippen molar-refractivity contribution in [2.75, 3.05) is 12.8 Å². The third-order valence-corrected chi connectivity index (χ3v) is 4.42. The number of aromatic nitrogens is 1. The molecular weight excluding hydrogens is 238 g/mol. The fourth-order valence-electron chi connectivity index (χ4n) is 1.25. The molecule has 5 heteroatoms. The Morgan fingerprint density at radius 1 is 1.56 bits per heavy atom. The monoisotopic (exact) mass is 249 g/mol. The van der Waals surface area contributed by atoms with Crippen molar-refractivity contribution in [3.8, 4) is 6.07 Å². The SMILES string of the molecule is CNC(C#N)CSc1nc2ccccc2s1. The van der Waals surface area contributed by atoms with Gasteiger partial charge in [-0.1, -0.05) is 23.9 Å². The van der Waals surface area contributed by atoms with Crippen LogP contribution in [-0.2, 0) is 0 Å². The zero-order valence-electron chi connectivity index (χ0n) is 8.80. The molecule has 0 aliphatic heterocycles. The van der Waals surface area contributed by atoms with Crippen molar-refractivity contribution >= 4 is 33.3 Å². The molecule has 82 valence electrons. The number of nitrogens with one attached hydrogen (secondary N) is 1. The molecule has 0 aliphatic carbocycles. The Labute approximate surface area is 102 Å². The molecule has 0 saturated carbocycles. The highest BCUT2D eigenvalue weighted by Gasteiger charge is 2.08. The minimum atomic E-state index is -0.114. The fraction of sp³-hybridized carbons (Fsp3) is 0.273. The number of thioether (sulfide) groups is 1. The fourth-order valence-corrected chi connectivity index (χ4v) is 3.37. The van der Waals surface area contributed by atoms with Gasteiger partial charge in [-0.25, -0.2) is 4.98 Å². The van der Waals surface area contributed by atoms with Crippen molar-refractivity contribution in [3.63, 3.8) is 0 Å². The van der Waals surface area contributed by atoms with Gasteiger partial charge in [0.05, 0.1) is 16.3 Å². The number of thiazole rings is 1. The van der Waals surface area contributed by atoms with Crippen LogP contribution in [0.5, 0.6) is 0 Å². The van der Waals surface area contributed by atoms with Crippen LogP contribution in [0.2, 0.25) is 0 Å². The summed E-state index contributed by atoms with van der Waals surface area (Å²) in [5.74, 6) is 0.729. The molecule has 3 nitrogen and oxygen atoms in total. The first-order valence-electron chi connectivity index (χ1n) is 4.88. The van der Waals surface area contributed by atoms with E-state index in [2.05, 4.69) is 22.4 Å². The van der Waals surface area contributed by atoms with Gasteiger partial charge in [0.15, 0.2) is 4.34 Å². The Morgan fingerprint density at radius 3 is 3.06 bits per heavy atom. The molecule has 2 aromatic rings. The molecule has 0 amide bonds. The Balaban J connectivity index is 2.08. The Hall–Kier alpha value is -1.09. The van der Waals surface area contributed by atoms with Crippen LogP contribution in [0, 0.1) is 11.3 Å². The van der Waals surface area contributed by atoms with Crippen LogP contribution in [0.15, 0.2) is 28.6 Å². The summed E-state index contributed by atoms with van der Waals surface area (Å²) in [4.78, 5) is 4.50. The standard InChI is InChI=1S/C11H11N3S2/c1-13-8(6-12)7-15-11-14-9-4-2-3-5-10(9)16-11/h2-5,8,13H,7H2,1H3. The van der Waals surface area contributed by atoms with Crippen LogP contribution >= 0.6 is 23.1 Å². The molecule has 0 aliphatic rings. The van der Waals surface area contributed by atoms with E-state index in [0.717, 1.165) is 15.6 Å². The minimum Gasteiger partial charge on any atom is -0.304 e. The second-order valence-corrected chi connectivity index (χ2v) is 5.53. The maximum atomic E-state index is 8.80. The topological polar surface area (TPSA) is 48.7 Å². The van der Waals surface area contributed by atoms with Gasteiger partial charge in [0, 0.05) is 5.75 Å². The molecule has 0 fully saturated rings. The van der Waals surface area contributed by atoms with Gasteiger partial charge in [-0.15, -0.1) is 11.3 Å². The summed E-state index contributed by atoms with van der Waals surface area (Å²) in [6.07, 6.45) is 0. The second-order valence-electron chi connectivity index (χ2n) is 3.23. The average molecular weight is 249 g/mol. The van der Waals surface area contributed by atoms with Gasteiger partial charge in [-0.2, -0.15) is 5.26 Å². The smallest absolute Gasteiger partial charge is 0.151 e. The van der Waals surface area contributed by atoms with E-state index in [0.29, 0.717) is 0 Å².